The number of ether oxygens (including phenoxy) is 2. The number of esters is 1. The van der Waals surface area contributed by atoms with Crippen molar-refractivity contribution in [3.05, 3.63) is 82.9 Å². The fraction of sp³-hybridized carbons (Fsp3) is 0.333. The predicted octanol–water partition coefficient (Wildman–Crippen LogP) is 5.21. The highest BCUT2D eigenvalue weighted by molar-refractivity contribution is 5.86. The second-order valence-corrected chi connectivity index (χ2v) is 7.88. The number of carbonyl (C=O) groups is 1. The summed E-state index contributed by atoms with van der Waals surface area (Å²) in [4.78, 5) is 11.5. The zero-order chi connectivity index (χ0) is 20.9. The SMILES string of the molecule is C=C(C)C(=O)OCOC(C)(C)c1ccc(C(C)(C)c2ccc(C#N)cc2)cc1. The molecule has 0 radical (unpaired) electrons. The summed E-state index contributed by atoms with van der Waals surface area (Å²) in [5.74, 6) is -0.463. The highest BCUT2D eigenvalue weighted by Gasteiger charge is 2.26. The lowest BCUT2D eigenvalue weighted by Crippen LogP contribution is -2.25. The first-order valence-corrected chi connectivity index (χ1v) is 9.16. The Balaban J connectivity index is 2.13. The number of rotatable bonds is 7. The molecule has 0 aliphatic rings. The average Bonchev–Trinajstić information content (AvgIpc) is 2.67. The van der Waals surface area contributed by atoms with Crippen molar-refractivity contribution in [2.45, 2.75) is 45.6 Å². The molecular formula is C24H27NO3. The van der Waals surface area contributed by atoms with Crippen molar-refractivity contribution in [3.63, 3.8) is 0 Å². The van der Waals surface area contributed by atoms with Gasteiger partial charge in [0.05, 0.1) is 17.2 Å². The van der Waals surface area contributed by atoms with Gasteiger partial charge in [0.25, 0.3) is 0 Å². The molecule has 0 atom stereocenters. The van der Waals surface area contributed by atoms with E-state index in [1.807, 2.05) is 50.2 Å². The van der Waals surface area contributed by atoms with Gasteiger partial charge in [-0.25, -0.2) is 4.79 Å². The van der Waals surface area contributed by atoms with Crippen LogP contribution in [-0.2, 0) is 25.3 Å². The van der Waals surface area contributed by atoms with E-state index in [1.165, 1.54) is 0 Å². The largest absolute Gasteiger partial charge is 0.435 e. The van der Waals surface area contributed by atoms with Crippen molar-refractivity contribution in [1.82, 2.24) is 0 Å². The van der Waals surface area contributed by atoms with Gasteiger partial charge in [0.2, 0.25) is 0 Å². The molecule has 0 spiro atoms. The summed E-state index contributed by atoms with van der Waals surface area (Å²) in [5, 5.41) is 8.98. The van der Waals surface area contributed by atoms with E-state index in [0.717, 1.165) is 16.7 Å². The Labute approximate surface area is 167 Å². The van der Waals surface area contributed by atoms with E-state index in [2.05, 4.69) is 38.6 Å². The molecule has 2 aromatic rings. The van der Waals surface area contributed by atoms with Crippen molar-refractivity contribution in [2.24, 2.45) is 0 Å². The Hall–Kier alpha value is -2.90. The molecule has 4 nitrogen and oxygen atoms in total. The maximum atomic E-state index is 11.5. The number of hydrogen-bond acceptors (Lipinski definition) is 4. The lowest BCUT2D eigenvalue weighted by Gasteiger charge is -2.29. The molecule has 146 valence electrons. The standard InChI is InChI=1S/C24H27NO3/c1-17(2)22(26)27-16-28-24(5,6)21-13-11-20(12-14-21)23(3,4)19-9-7-18(15-25)8-10-19/h7-14H,1,16H2,2-6H3. The second-order valence-electron chi connectivity index (χ2n) is 7.88. The lowest BCUT2D eigenvalue weighted by molar-refractivity contribution is -0.165. The first kappa shape index (κ1) is 21.4. The minimum absolute atomic E-state index is 0.128. The summed E-state index contributed by atoms with van der Waals surface area (Å²) in [6.07, 6.45) is 0. The molecule has 2 rings (SSSR count). The minimum Gasteiger partial charge on any atom is -0.435 e. The summed E-state index contributed by atoms with van der Waals surface area (Å²) in [6, 6.07) is 18.0. The van der Waals surface area contributed by atoms with E-state index in [9.17, 15) is 4.79 Å². The molecule has 0 unspecified atom stereocenters. The Morgan fingerprint density at radius 2 is 1.43 bits per heavy atom. The maximum absolute atomic E-state index is 11.5. The molecule has 0 bridgehead atoms. The Morgan fingerprint density at radius 1 is 0.964 bits per heavy atom. The van der Waals surface area contributed by atoms with Gasteiger partial charge >= 0.3 is 5.97 Å². The molecule has 0 amide bonds. The molecular weight excluding hydrogens is 350 g/mol. The highest BCUT2D eigenvalue weighted by atomic mass is 16.7. The van der Waals surface area contributed by atoms with Crippen LogP contribution < -0.4 is 0 Å². The minimum atomic E-state index is -0.605. The summed E-state index contributed by atoms with van der Waals surface area (Å²) in [7, 11) is 0. The fourth-order valence-corrected chi connectivity index (χ4v) is 2.85. The Morgan fingerprint density at radius 3 is 1.89 bits per heavy atom. The Bertz CT molecular complexity index is 885. The molecule has 0 fully saturated rings. The molecule has 0 N–H and O–H groups in total. The summed E-state index contributed by atoms with van der Waals surface area (Å²) >= 11 is 0. The molecule has 0 saturated heterocycles. The predicted molar refractivity (Wildman–Crippen MR) is 110 cm³/mol. The van der Waals surface area contributed by atoms with E-state index in [1.54, 1.807) is 6.92 Å². The zero-order valence-electron chi connectivity index (χ0n) is 17.2. The van der Waals surface area contributed by atoms with Crippen LogP contribution in [0.3, 0.4) is 0 Å². The molecule has 0 aromatic heterocycles. The first-order chi connectivity index (χ1) is 13.1. The van der Waals surface area contributed by atoms with Crippen LogP contribution >= 0.6 is 0 Å². The van der Waals surface area contributed by atoms with Gasteiger partial charge in [-0.05, 0) is 49.6 Å². The number of hydrogen-bond donors (Lipinski definition) is 0. The van der Waals surface area contributed by atoms with Gasteiger partial charge in [-0.2, -0.15) is 5.26 Å². The number of benzene rings is 2. The molecule has 0 aliphatic heterocycles. The first-order valence-electron chi connectivity index (χ1n) is 9.16. The van der Waals surface area contributed by atoms with Gasteiger partial charge in [-0.1, -0.05) is 56.8 Å². The van der Waals surface area contributed by atoms with E-state index in [4.69, 9.17) is 14.7 Å². The lowest BCUT2D eigenvalue weighted by atomic mass is 9.77. The van der Waals surface area contributed by atoms with E-state index >= 15 is 0 Å². The number of carbonyl (C=O) groups excluding carboxylic acids is 1. The van der Waals surface area contributed by atoms with Crippen molar-refractivity contribution >= 4 is 5.97 Å². The van der Waals surface area contributed by atoms with Crippen molar-refractivity contribution in [3.8, 4) is 6.07 Å². The summed E-state index contributed by atoms with van der Waals surface area (Å²) < 4.78 is 10.8. The summed E-state index contributed by atoms with van der Waals surface area (Å²) in [5.41, 5.74) is 3.48. The van der Waals surface area contributed by atoms with Crippen LogP contribution in [0.25, 0.3) is 0 Å². The van der Waals surface area contributed by atoms with Crippen molar-refractivity contribution in [1.29, 1.82) is 5.26 Å². The second kappa shape index (κ2) is 8.41. The number of nitrogens with zero attached hydrogens (tertiary/aromatic N) is 1. The van der Waals surface area contributed by atoms with E-state index < -0.39 is 11.6 Å². The smallest absolute Gasteiger partial charge is 0.335 e. The van der Waals surface area contributed by atoms with E-state index in [-0.39, 0.29) is 12.2 Å². The highest BCUT2D eigenvalue weighted by Crippen LogP contribution is 2.33. The van der Waals surface area contributed by atoms with Gasteiger partial charge in [0, 0.05) is 11.0 Å². The normalized spacial score (nSPS) is 11.6. The molecule has 0 saturated carbocycles. The quantitative estimate of drug-likeness (QED) is 0.377. The molecule has 28 heavy (non-hydrogen) atoms. The molecule has 0 heterocycles. The maximum Gasteiger partial charge on any atom is 0.335 e. The number of nitriles is 1. The third-order valence-corrected chi connectivity index (χ3v) is 5.00. The Kier molecular flexibility index (Phi) is 6.43. The molecule has 0 aliphatic carbocycles. The fourth-order valence-electron chi connectivity index (χ4n) is 2.85. The third kappa shape index (κ3) is 4.88. The molecule has 2 aromatic carbocycles. The van der Waals surface area contributed by atoms with Gasteiger partial charge < -0.3 is 9.47 Å². The van der Waals surface area contributed by atoms with Gasteiger partial charge in [-0.15, -0.1) is 0 Å². The topological polar surface area (TPSA) is 59.3 Å². The molecule has 4 heteroatoms. The van der Waals surface area contributed by atoms with Crippen molar-refractivity contribution < 1.29 is 14.3 Å². The van der Waals surface area contributed by atoms with Gasteiger partial charge in [0.15, 0.2) is 6.79 Å². The van der Waals surface area contributed by atoms with Gasteiger partial charge in [0.1, 0.15) is 0 Å². The van der Waals surface area contributed by atoms with Crippen LogP contribution in [-0.4, -0.2) is 12.8 Å². The monoisotopic (exact) mass is 377 g/mol. The van der Waals surface area contributed by atoms with Crippen LogP contribution in [0.5, 0.6) is 0 Å². The summed E-state index contributed by atoms with van der Waals surface area (Å²) in [6.45, 7) is 13.2. The van der Waals surface area contributed by atoms with Crippen LogP contribution in [0.15, 0.2) is 60.7 Å². The van der Waals surface area contributed by atoms with Crippen LogP contribution in [0.4, 0.5) is 0 Å². The van der Waals surface area contributed by atoms with Crippen LogP contribution in [0.1, 0.15) is 56.9 Å². The van der Waals surface area contributed by atoms with Gasteiger partial charge in [-0.3, -0.25) is 0 Å². The zero-order valence-corrected chi connectivity index (χ0v) is 17.2. The van der Waals surface area contributed by atoms with Crippen LogP contribution in [0.2, 0.25) is 0 Å². The third-order valence-electron chi connectivity index (χ3n) is 5.00. The van der Waals surface area contributed by atoms with Crippen LogP contribution in [0, 0.1) is 11.3 Å². The van der Waals surface area contributed by atoms with E-state index in [0.29, 0.717) is 11.1 Å². The average molecular weight is 377 g/mol. The van der Waals surface area contributed by atoms with Crippen molar-refractivity contribution in [2.75, 3.05) is 6.79 Å².